The highest BCUT2D eigenvalue weighted by Gasteiger charge is 2.11. The molecule has 0 bridgehead atoms. The number of benzene rings is 3. The summed E-state index contributed by atoms with van der Waals surface area (Å²) >= 11 is 12.4. The molecule has 1 aromatic heterocycles. The summed E-state index contributed by atoms with van der Waals surface area (Å²) in [5.74, 6) is 1.75. The van der Waals surface area contributed by atoms with Gasteiger partial charge in [-0.2, -0.15) is 0 Å². The van der Waals surface area contributed by atoms with Crippen LogP contribution >= 0.6 is 23.2 Å². The van der Waals surface area contributed by atoms with E-state index in [4.69, 9.17) is 32.9 Å². The highest BCUT2D eigenvalue weighted by molar-refractivity contribution is 6.36. The van der Waals surface area contributed by atoms with E-state index in [1.807, 2.05) is 36.5 Å². The molecule has 0 atom stereocenters. The van der Waals surface area contributed by atoms with Gasteiger partial charge in [0, 0.05) is 23.3 Å². The Morgan fingerprint density at radius 3 is 2.22 bits per heavy atom. The van der Waals surface area contributed by atoms with Crippen LogP contribution in [-0.4, -0.2) is 16.7 Å². The maximum Gasteiger partial charge on any atom is 0.133 e. The van der Waals surface area contributed by atoms with E-state index in [2.05, 4.69) is 54.0 Å². The van der Waals surface area contributed by atoms with Gasteiger partial charge in [0.1, 0.15) is 11.6 Å². The Labute approximate surface area is 198 Å². The molecular weight excluding hydrogens is 439 g/mol. The van der Waals surface area contributed by atoms with Crippen molar-refractivity contribution in [2.75, 3.05) is 7.11 Å². The van der Waals surface area contributed by atoms with Crippen LogP contribution < -0.4 is 4.74 Å². The second kappa shape index (κ2) is 10.1. The van der Waals surface area contributed by atoms with Gasteiger partial charge in [-0.3, -0.25) is 0 Å². The van der Waals surface area contributed by atoms with Gasteiger partial charge >= 0.3 is 0 Å². The van der Waals surface area contributed by atoms with Gasteiger partial charge in [-0.15, -0.1) is 0 Å². The zero-order chi connectivity index (χ0) is 22.5. The van der Waals surface area contributed by atoms with E-state index >= 15 is 0 Å². The van der Waals surface area contributed by atoms with E-state index in [-0.39, 0.29) is 0 Å². The van der Waals surface area contributed by atoms with Crippen molar-refractivity contribution in [1.82, 2.24) is 9.55 Å². The van der Waals surface area contributed by atoms with Crippen molar-refractivity contribution in [1.29, 1.82) is 0 Å². The van der Waals surface area contributed by atoms with Crippen LogP contribution in [0.3, 0.4) is 0 Å². The summed E-state index contributed by atoms with van der Waals surface area (Å²) in [6, 6.07) is 22.0. The largest absolute Gasteiger partial charge is 0.497 e. The van der Waals surface area contributed by atoms with Crippen LogP contribution in [-0.2, 0) is 6.54 Å². The van der Waals surface area contributed by atoms with Gasteiger partial charge in [-0.05, 0) is 59.5 Å². The Kier molecular flexibility index (Phi) is 6.99. The van der Waals surface area contributed by atoms with Crippen molar-refractivity contribution < 1.29 is 4.74 Å². The number of nitrogens with zero attached hydrogens (tertiary/aromatic N) is 2. The molecule has 0 amide bonds. The molecule has 3 nitrogen and oxygen atoms in total. The molecule has 0 aliphatic rings. The number of aryl methyl sites for hydroxylation is 1. The molecule has 0 radical (unpaired) electrons. The van der Waals surface area contributed by atoms with Gasteiger partial charge < -0.3 is 9.30 Å². The summed E-state index contributed by atoms with van der Waals surface area (Å²) in [5.41, 5.74) is 5.15. The molecule has 5 heteroatoms. The zero-order valence-corrected chi connectivity index (χ0v) is 19.6. The van der Waals surface area contributed by atoms with Gasteiger partial charge in [-0.1, -0.05) is 72.6 Å². The minimum absolute atomic E-state index is 0.600. The summed E-state index contributed by atoms with van der Waals surface area (Å²) in [7, 11) is 1.68. The molecule has 0 fully saturated rings. The molecule has 3 aromatic carbocycles. The number of imidazole rings is 1. The maximum atomic E-state index is 6.40. The summed E-state index contributed by atoms with van der Waals surface area (Å²) in [6.45, 7) is 3.04. The number of halogens is 2. The third-order valence-electron chi connectivity index (χ3n) is 5.24. The first-order valence-electron chi connectivity index (χ1n) is 10.5. The normalized spacial score (nSPS) is 11.2. The highest BCUT2D eigenvalue weighted by Crippen LogP contribution is 2.30. The zero-order valence-electron chi connectivity index (χ0n) is 18.1. The van der Waals surface area contributed by atoms with Crippen LogP contribution in [0.25, 0.3) is 34.5 Å². The van der Waals surface area contributed by atoms with Crippen molar-refractivity contribution in [2.24, 2.45) is 0 Å². The second-order valence-electron chi connectivity index (χ2n) is 7.49. The summed E-state index contributed by atoms with van der Waals surface area (Å²) in [5, 5.41) is 1.22. The predicted molar refractivity (Wildman–Crippen MR) is 135 cm³/mol. The number of ether oxygens (including phenoxy) is 1. The van der Waals surface area contributed by atoms with Crippen LogP contribution in [0.1, 0.15) is 24.7 Å². The lowest BCUT2D eigenvalue weighted by atomic mass is 10.0. The Morgan fingerprint density at radius 1 is 0.906 bits per heavy atom. The molecule has 4 rings (SSSR count). The molecule has 0 spiro atoms. The lowest BCUT2D eigenvalue weighted by molar-refractivity contribution is 0.415. The van der Waals surface area contributed by atoms with Gasteiger partial charge in [0.05, 0.1) is 17.8 Å². The average molecular weight is 463 g/mol. The number of methoxy groups -OCH3 is 1. The van der Waals surface area contributed by atoms with Crippen molar-refractivity contribution in [3.8, 4) is 28.1 Å². The Hall–Kier alpha value is -3.01. The molecule has 0 saturated heterocycles. The van der Waals surface area contributed by atoms with Crippen molar-refractivity contribution in [3.05, 3.63) is 94.4 Å². The predicted octanol–water partition coefficient (Wildman–Crippen LogP) is 8.11. The fraction of sp³-hybridized carbons (Fsp3) is 0.148. The Bertz CT molecular complexity index is 1230. The molecule has 0 unspecified atom stereocenters. The first kappa shape index (κ1) is 22.2. The highest BCUT2D eigenvalue weighted by atomic mass is 35.5. The van der Waals surface area contributed by atoms with Gasteiger partial charge in [0.25, 0.3) is 0 Å². The lowest BCUT2D eigenvalue weighted by Gasteiger charge is -2.04. The van der Waals surface area contributed by atoms with Gasteiger partial charge in [0.15, 0.2) is 0 Å². The smallest absolute Gasteiger partial charge is 0.133 e. The third-order valence-corrected chi connectivity index (χ3v) is 5.79. The molecule has 4 aromatic rings. The van der Waals surface area contributed by atoms with Crippen molar-refractivity contribution in [3.63, 3.8) is 0 Å². The molecular formula is C27H24Cl2N2O. The average Bonchev–Trinajstić information content (AvgIpc) is 3.21. The van der Waals surface area contributed by atoms with E-state index in [1.54, 1.807) is 13.2 Å². The Balaban J connectivity index is 1.57. The van der Waals surface area contributed by atoms with E-state index in [0.29, 0.717) is 10.0 Å². The molecule has 0 saturated carbocycles. The SMILES string of the molecule is CCCn1cc(-c2ccc(Cl)cc2Cl)nc1C=Cc1ccc(-c2ccc(OC)cc2)cc1. The number of hydrogen-bond donors (Lipinski definition) is 0. The summed E-state index contributed by atoms with van der Waals surface area (Å²) in [6.07, 6.45) is 7.19. The number of aromatic nitrogens is 2. The lowest BCUT2D eigenvalue weighted by Crippen LogP contribution is -1.97. The van der Waals surface area contributed by atoms with E-state index in [0.717, 1.165) is 52.5 Å². The number of rotatable bonds is 7. The van der Waals surface area contributed by atoms with Gasteiger partial charge in [0.2, 0.25) is 0 Å². The molecule has 162 valence electrons. The maximum absolute atomic E-state index is 6.40. The summed E-state index contributed by atoms with van der Waals surface area (Å²) < 4.78 is 7.39. The van der Waals surface area contributed by atoms with Crippen LogP contribution in [0.15, 0.2) is 72.9 Å². The van der Waals surface area contributed by atoms with Gasteiger partial charge in [-0.25, -0.2) is 4.98 Å². The van der Waals surface area contributed by atoms with Crippen LogP contribution in [0.4, 0.5) is 0 Å². The van der Waals surface area contributed by atoms with E-state index < -0.39 is 0 Å². The van der Waals surface area contributed by atoms with E-state index in [1.165, 1.54) is 0 Å². The van der Waals surface area contributed by atoms with Crippen LogP contribution in [0, 0.1) is 0 Å². The first-order valence-corrected chi connectivity index (χ1v) is 11.3. The number of hydrogen-bond acceptors (Lipinski definition) is 2. The molecule has 0 aliphatic carbocycles. The minimum atomic E-state index is 0.600. The summed E-state index contributed by atoms with van der Waals surface area (Å²) in [4.78, 5) is 4.82. The Morgan fingerprint density at radius 2 is 1.59 bits per heavy atom. The fourth-order valence-corrected chi connectivity index (χ4v) is 4.06. The van der Waals surface area contributed by atoms with Crippen molar-refractivity contribution >= 4 is 35.4 Å². The minimum Gasteiger partial charge on any atom is -0.497 e. The third kappa shape index (κ3) is 5.07. The van der Waals surface area contributed by atoms with Crippen LogP contribution in [0.5, 0.6) is 5.75 Å². The molecule has 0 N–H and O–H groups in total. The van der Waals surface area contributed by atoms with Crippen LogP contribution in [0.2, 0.25) is 10.0 Å². The van der Waals surface area contributed by atoms with E-state index in [9.17, 15) is 0 Å². The fourth-order valence-electron chi connectivity index (χ4n) is 3.55. The molecule has 0 aliphatic heterocycles. The monoisotopic (exact) mass is 462 g/mol. The quantitative estimate of drug-likeness (QED) is 0.277. The standard InChI is InChI=1S/C27H24Cl2N2O/c1-3-16-31-18-26(24-14-11-22(28)17-25(24)29)30-27(31)15-6-19-4-7-20(8-5-19)21-9-12-23(32-2)13-10-21/h4-15,17-18H,3,16H2,1-2H3. The second-order valence-corrected chi connectivity index (χ2v) is 8.33. The molecule has 1 heterocycles. The topological polar surface area (TPSA) is 27.1 Å². The first-order chi connectivity index (χ1) is 15.6. The van der Waals surface area contributed by atoms with Crippen molar-refractivity contribution in [2.45, 2.75) is 19.9 Å². The molecule has 32 heavy (non-hydrogen) atoms.